The molecular formula is C30H36FN3O5S. The number of ether oxygens (including phenoxy) is 1. The summed E-state index contributed by atoms with van der Waals surface area (Å²) < 4.78 is 45.8. The van der Waals surface area contributed by atoms with Gasteiger partial charge in [0.1, 0.15) is 24.2 Å². The summed E-state index contributed by atoms with van der Waals surface area (Å²) in [5.74, 6) is -0.941. The topological polar surface area (TPSA) is 96.0 Å². The Balaban J connectivity index is 2.06. The average Bonchev–Trinajstić information content (AvgIpc) is 2.93. The monoisotopic (exact) mass is 569 g/mol. The highest BCUT2D eigenvalue weighted by atomic mass is 32.2. The van der Waals surface area contributed by atoms with Crippen LogP contribution in [0.2, 0.25) is 0 Å². The average molecular weight is 570 g/mol. The first-order valence-corrected chi connectivity index (χ1v) is 14.8. The molecule has 0 radical (unpaired) electrons. The van der Waals surface area contributed by atoms with Gasteiger partial charge in [0.05, 0.1) is 19.1 Å². The Hall–Kier alpha value is -3.92. The number of carbonyl (C=O) groups is 2. The number of anilines is 1. The second-order valence-electron chi connectivity index (χ2n) is 9.93. The highest BCUT2D eigenvalue weighted by Crippen LogP contribution is 2.30. The van der Waals surface area contributed by atoms with Crippen molar-refractivity contribution in [1.29, 1.82) is 0 Å². The predicted octanol–water partition coefficient (Wildman–Crippen LogP) is 4.01. The number of carbonyl (C=O) groups excluding carboxylic acids is 2. The maximum absolute atomic E-state index is 14.0. The quantitative estimate of drug-likeness (QED) is 0.336. The summed E-state index contributed by atoms with van der Waals surface area (Å²) in [7, 11) is -2.51. The van der Waals surface area contributed by atoms with E-state index in [2.05, 4.69) is 5.32 Å². The van der Waals surface area contributed by atoms with Crippen LogP contribution in [0, 0.1) is 11.7 Å². The highest BCUT2D eigenvalue weighted by molar-refractivity contribution is 7.92. The van der Waals surface area contributed by atoms with Gasteiger partial charge in [-0.25, -0.2) is 12.8 Å². The molecule has 1 N–H and O–H groups in total. The van der Waals surface area contributed by atoms with Crippen molar-refractivity contribution < 1.29 is 27.1 Å². The van der Waals surface area contributed by atoms with Gasteiger partial charge in [0.15, 0.2) is 0 Å². The van der Waals surface area contributed by atoms with E-state index in [9.17, 15) is 22.4 Å². The molecule has 0 aromatic heterocycles. The van der Waals surface area contributed by atoms with Crippen molar-refractivity contribution in [1.82, 2.24) is 10.2 Å². The fraction of sp³-hybridized carbons (Fsp3) is 0.333. The van der Waals surface area contributed by atoms with E-state index >= 15 is 0 Å². The standard InChI is InChI=1S/C30H36FN3O5S/c1-22(2)19-32-30(36)27(18-23-10-6-5-7-11-23)33(20-24-14-16-25(31)17-15-24)29(35)21-34(40(4,37)38)26-12-8-9-13-28(26)39-3/h5-17,22,27H,18-21H2,1-4H3,(H,32,36)/t27-/m1/s1. The van der Waals surface area contributed by atoms with Crippen LogP contribution < -0.4 is 14.4 Å². The molecule has 3 rings (SSSR count). The molecule has 3 aromatic rings. The molecule has 0 spiro atoms. The fourth-order valence-corrected chi connectivity index (χ4v) is 5.05. The summed E-state index contributed by atoms with van der Waals surface area (Å²) in [4.78, 5) is 29.0. The van der Waals surface area contributed by atoms with Gasteiger partial charge < -0.3 is 15.0 Å². The van der Waals surface area contributed by atoms with Crippen molar-refractivity contribution in [3.63, 3.8) is 0 Å². The summed E-state index contributed by atoms with van der Waals surface area (Å²) in [5.41, 5.74) is 1.62. The Bertz CT molecular complexity index is 1380. The molecule has 0 fully saturated rings. The molecule has 8 nitrogen and oxygen atoms in total. The van der Waals surface area contributed by atoms with E-state index in [1.165, 1.54) is 36.3 Å². The molecule has 3 aromatic carbocycles. The molecule has 0 aliphatic heterocycles. The van der Waals surface area contributed by atoms with Crippen LogP contribution in [0.15, 0.2) is 78.9 Å². The van der Waals surface area contributed by atoms with Gasteiger partial charge in [-0.1, -0.05) is 68.4 Å². The van der Waals surface area contributed by atoms with Crippen LogP contribution in [-0.4, -0.2) is 57.6 Å². The van der Waals surface area contributed by atoms with E-state index < -0.39 is 34.3 Å². The zero-order chi connectivity index (χ0) is 29.3. The molecular weight excluding hydrogens is 533 g/mol. The lowest BCUT2D eigenvalue weighted by molar-refractivity contribution is -0.140. The normalized spacial score (nSPS) is 12.1. The van der Waals surface area contributed by atoms with Gasteiger partial charge in [-0.2, -0.15) is 0 Å². The maximum atomic E-state index is 14.0. The summed E-state index contributed by atoms with van der Waals surface area (Å²) in [5, 5.41) is 2.92. The summed E-state index contributed by atoms with van der Waals surface area (Å²) >= 11 is 0. The third-order valence-corrected chi connectivity index (χ3v) is 7.38. The first-order valence-electron chi connectivity index (χ1n) is 13.0. The largest absolute Gasteiger partial charge is 0.495 e. The zero-order valence-electron chi connectivity index (χ0n) is 23.2. The SMILES string of the molecule is COc1ccccc1N(CC(=O)N(Cc1ccc(F)cc1)[C@H](Cc1ccccc1)C(=O)NCC(C)C)S(C)(=O)=O. The molecule has 1 atom stereocenters. The number of hydrogen-bond acceptors (Lipinski definition) is 5. The van der Waals surface area contributed by atoms with Crippen LogP contribution in [0.1, 0.15) is 25.0 Å². The second-order valence-corrected chi connectivity index (χ2v) is 11.8. The highest BCUT2D eigenvalue weighted by Gasteiger charge is 2.33. The molecule has 0 heterocycles. The van der Waals surface area contributed by atoms with Crippen molar-refractivity contribution in [3.05, 3.63) is 95.8 Å². The smallest absolute Gasteiger partial charge is 0.244 e. The number of sulfonamides is 1. The number of nitrogens with zero attached hydrogens (tertiary/aromatic N) is 2. The van der Waals surface area contributed by atoms with Crippen LogP contribution in [0.4, 0.5) is 10.1 Å². The van der Waals surface area contributed by atoms with E-state index in [-0.39, 0.29) is 36.2 Å². The van der Waals surface area contributed by atoms with Gasteiger partial charge in [-0.15, -0.1) is 0 Å². The third-order valence-electron chi connectivity index (χ3n) is 6.25. The van der Waals surface area contributed by atoms with Crippen molar-refractivity contribution in [3.8, 4) is 5.75 Å². The Labute approximate surface area is 235 Å². The number of nitrogens with one attached hydrogen (secondary N) is 1. The Kier molecular flexibility index (Phi) is 10.7. The molecule has 0 unspecified atom stereocenters. The molecule has 0 aliphatic carbocycles. The van der Waals surface area contributed by atoms with Crippen molar-refractivity contribution in [2.75, 3.05) is 30.8 Å². The summed E-state index contributed by atoms with van der Waals surface area (Å²) in [6.07, 6.45) is 1.21. The fourth-order valence-electron chi connectivity index (χ4n) is 4.19. The van der Waals surface area contributed by atoms with E-state index in [1.807, 2.05) is 44.2 Å². The second kappa shape index (κ2) is 13.9. The van der Waals surface area contributed by atoms with Crippen molar-refractivity contribution in [2.45, 2.75) is 32.9 Å². The first-order chi connectivity index (χ1) is 19.0. The van der Waals surface area contributed by atoms with Crippen LogP contribution in [0.25, 0.3) is 0 Å². The summed E-state index contributed by atoms with van der Waals surface area (Å²) in [6.45, 7) is 3.73. The number of hydrogen-bond donors (Lipinski definition) is 1. The third kappa shape index (κ3) is 8.54. The lowest BCUT2D eigenvalue weighted by atomic mass is 10.0. The number of rotatable bonds is 13. The van der Waals surface area contributed by atoms with Crippen LogP contribution in [0.3, 0.4) is 0 Å². The summed E-state index contributed by atoms with van der Waals surface area (Å²) in [6, 6.07) is 20.4. The molecule has 0 saturated carbocycles. The molecule has 0 bridgehead atoms. The number of halogens is 1. The molecule has 214 valence electrons. The van der Waals surface area contributed by atoms with E-state index in [1.54, 1.807) is 24.3 Å². The van der Waals surface area contributed by atoms with Crippen LogP contribution in [0.5, 0.6) is 5.75 Å². The number of amides is 2. The number of benzene rings is 3. The number of para-hydroxylation sites is 2. The number of methoxy groups -OCH3 is 1. The Morgan fingerprint density at radius 1 is 0.925 bits per heavy atom. The van der Waals surface area contributed by atoms with Gasteiger partial charge in [0, 0.05) is 19.5 Å². The lowest BCUT2D eigenvalue weighted by Gasteiger charge is -2.34. The van der Waals surface area contributed by atoms with Gasteiger partial charge in [-0.05, 0) is 41.3 Å². The molecule has 0 saturated heterocycles. The molecule has 0 aliphatic rings. The van der Waals surface area contributed by atoms with Gasteiger partial charge in [-0.3, -0.25) is 13.9 Å². The Morgan fingerprint density at radius 3 is 2.15 bits per heavy atom. The minimum absolute atomic E-state index is 0.0325. The van der Waals surface area contributed by atoms with E-state index in [4.69, 9.17) is 4.74 Å². The zero-order valence-corrected chi connectivity index (χ0v) is 24.0. The van der Waals surface area contributed by atoms with Gasteiger partial charge in [0.25, 0.3) is 0 Å². The van der Waals surface area contributed by atoms with Crippen LogP contribution >= 0.6 is 0 Å². The minimum atomic E-state index is -3.93. The lowest BCUT2D eigenvalue weighted by Crippen LogP contribution is -2.53. The van der Waals surface area contributed by atoms with E-state index in [0.717, 1.165) is 16.1 Å². The minimum Gasteiger partial charge on any atom is -0.495 e. The molecule has 40 heavy (non-hydrogen) atoms. The van der Waals surface area contributed by atoms with Crippen LogP contribution in [-0.2, 0) is 32.6 Å². The molecule has 2 amide bonds. The van der Waals surface area contributed by atoms with Gasteiger partial charge >= 0.3 is 0 Å². The van der Waals surface area contributed by atoms with Crippen molar-refractivity contribution in [2.24, 2.45) is 5.92 Å². The van der Waals surface area contributed by atoms with Gasteiger partial charge in [0.2, 0.25) is 21.8 Å². The van der Waals surface area contributed by atoms with Crippen molar-refractivity contribution >= 4 is 27.5 Å². The molecule has 10 heteroatoms. The predicted molar refractivity (Wildman–Crippen MR) is 154 cm³/mol. The Morgan fingerprint density at radius 2 is 1.55 bits per heavy atom. The first kappa shape index (κ1) is 30.6. The maximum Gasteiger partial charge on any atom is 0.244 e. The van der Waals surface area contributed by atoms with E-state index in [0.29, 0.717) is 12.1 Å².